The molecule has 0 saturated carbocycles. The monoisotopic (exact) mass is 261 g/mol. The second kappa shape index (κ2) is 7.19. The van der Waals surface area contributed by atoms with E-state index in [4.69, 9.17) is 9.47 Å². The van der Waals surface area contributed by atoms with Crippen molar-refractivity contribution in [3.63, 3.8) is 0 Å². The van der Waals surface area contributed by atoms with E-state index in [-0.39, 0.29) is 6.10 Å². The molecule has 2 rings (SSSR count). The molecule has 3 heteroatoms. The van der Waals surface area contributed by atoms with Crippen LogP contribution in [0.5, 0.6) is 11.5 Å². The van der Waals surface area contributed by atoms with E-state index in [1.165, 1.54) is 6.42 Å². The maximum absolute atomic E-state index is 6.15. The molecule has 0 heterocycles. The van der Waals surface area contributed by atoms with Crippen LogP contribution < -0.4 is 14.8 Å². The van der Waals surface area contributed by atoms with E-state index in [1.807, 2.05) is 12.1 Å². The molecule has 1 N–H and O–H groups in total. The molecule has 104 valence electrons. The van der Waals surface area contributed by atoms with E-state index in [1.54, 1.807) is 7.11 Å². The minimum atomic E-state index is 0.172. The van der Waals surface area contributed by atoms with Crippen LogP contribution in [0.15, 0.2) is 30.4 Å². The Morgan fingerprint density at radius 1 is 1.37 bits per heavy atom. The predicted molar refractivity (Wildman–Crippen MR) is 77.8 cm³/mol. The number of para-hydroxylation sites is 1. The zero-order valence-corrected chi connectivity index (χ0v) is 11.8. The third-order valence-corrected chi connectivity index (χ3v) is 3.33. The molecule has 0 fully saturated rings. The van der Waals surface area contributed by atoms with Crippen molar-refractivity contribution >= 4 is 0 Å². The molecule has 0 bridgehead atoms. The Bertz CT molecular complexity index is 429. The molecule has 1 atom stereocenters. The molecular formula is C16H23NO2. The summed E-state index contributed by atoms with van der Waals surface area (Å²) >= 11 is 0. The van der Waals surface area contributed by atoms with E-state index in [0.717, 1.165) is 43.0 Å². The minimum Gasteiger partial charge on any atom is -0.493 e. The van der Waals surface area contributed by atoms with Crippen LogP contribution in [0.4, 0.5) is 0 Å². The largest absolute Gasteiger partial charge is 0.493 e. The van der Waals surface area contributed by atoms with Crippen molar-refractivity contribution in [1.82, 2.24) is 5.32 Å². The van der Waals surface area contributed by atoms with Crippen LogP contribution in [0.25, 0.3) is 0 Å². The van der Waals surface area contributed by atoms with Gasteiger partial charge in [0.1, 0.15) is 6.10 Å². The fraction of sp³-hybridized carbons (Fsp3) is 0.500. The van der Waals surface area contributed by atoms with Crippen molar-refractivity contribution in [2.75, 3.05) is 13.7 Å². The molecule has 19 heavy (non-hydrogen) atoms. The lowest BCUT2D eigenvalue weighted by atomic mass is 10.1. The first kappa shape index (κ1) is 13.9. The Balaban J connectivity index is 2.18. The van der Waals surface area contributed by atoms with Gasteiger partial charge in [-0.1, -0.05) is 25.1 Å². The van der Waals surface area contributed by atoms with E-state index >= 15 is 0 Å². The van der Waals surface area contributed by atoms with Crippen LogP contribution in [0.3, 0.4) is 0 Å². The van der Waals surface area contributed by atoms with Crippen molar-refractivity contribution in [2.24, 2.45) is 0 Å². The van der Waals surface area contributed by atoms with Crippen LogP contribution >= 0.6 is 0 Å². The summed E-state index contributed by atoms with van der Waals surface area (Å²) in [6.45, 7) is 3.85. The third-order valence-electron chi connectivity index (χ3n) is 3.33. The number of hydrogen-bond donors (Lipinski definition) is 1. The number of benzene rings is 1. The average Bonchev–Trinajstić information content (AvgIpc) is 2.47. The van der Waals surface area contributed by atoms with Gasteiger partial charge in [0.05, 0.1) is 7.11 Å². The first-order valence-corrected chi connectivity index (χ1v) is 7.05. The number of ether oxygens (including phenoxy) is 2. The molecular weight excluding hydrogens is 238 g/mol. The summed E-state index contributed by atoms with van der Waals surface area (Å²) < 4.78 is 11.6. The molecule has 0 radical (unpaired) electrons. The van der Waals surface area contributed by atoms with Crippen LogP contribution in [0, 0.1) is 0 Å². The molecule has 0 amide bonds. The first-order valence-electron chi connectivity index (χ1n) is 7.05. The highest BCUT2D eigenvalue weighted by Crippen LogP contribution is 2.33. The molecule has 0 aromatic heterocycles. The van der Waals surface area contributed by atoms with Crippen LogP contribution in [0.1, 0.15) is 31.7 Å². The summed E-state index contributed by atoms with van der Waals surface area (Å²) in [6.07, 6.45) is 7.97. The summed E-state index contributed by atoms with van der Waals surface area (Å²) in [4.78, 5) is 0. The van der Waals surface area contributed by atoms with E-state index in [0.29, 0.717) is 0 Å². The number of hydrogen-bond acceptors (Lipinski definition) is 3. The zero-order valence-electron chi connectivity index (χ0n) is 11.8. The SMILES string of the molecule is CCNCc1cccc(OC)c1OC1C=CCCC1. The van der Waals surface area contributed by atoms with E-state index in [9.17, 15) is 0 Å². The van der Waals surface area contributed by atoms with Gasteiger partial charge in [0.2, 0.25) is 0 Å². The van der Waals surface area contributed by atoms with E-state index < -0.39 is 0 Å². The lowest BCUT2D eigenvalue weighted by Crippen LogP contribution is -2.19. The molecule has 0 aliphatic heterocycles. The van der Waals surface area contributed by atoms with Gasteiger partial charge in [0.25, 0.3) is 0 Å². The maximum atomic E-state index is 6.15. The van der Waals surface area contributed by atoms with Crippen LogP contribution in [0.2, 0.25) is 0 Å². The highest BCUT2D eigenvalue weighted by Gasteiger charge is 2.16. The first-order chi connectivity index (χ1) is 9.35. The summed E-state index contributed by atoms with van der Waals surface area (Å²) in [5, 5.41) is 3.34. The van der Waals surface area contributed by atoms with Gasteiger partial charge < -0.3 is 14.8 Å². The number of methoxy groups -OCH3 is 1. The quantitative estimate of drug-likeness (QED) is 0.797. The van der Waals surface area contributed by atoms with Gasteiger partial charge in [-0.25, -0.2) is 0 Å². The van der Waals surface area contributed by atoms with Crippen molar-refractivity contribution < 1.29 is 9.47 Å². The molecule has 1 aliphatic rings. The number of allylic oxidation sites excluding steroid dienone is 1. The average molecular weight is 261 g/mol. The zero-order chi connectivity index (χ0) is 13.5. The Kier molecular flexibility index (Phi) is 5.28. The van der Waals surface area contributed by atoms with Gasteiger partial charge in [0.15, 0.2) is 11.5 Å². The summed E-state index contributed by atoms with van der Waals surface area (Å²) in [5.74, 6) is 1.69. The lowest BCUT2D eigenvalue weighted by molar-refractivity contribution is 0.217. The highest BCUT2D eigenvalue weighted by atomic mass is 16.5. The topological polar surface area (TPSA) is 30.5 Å². The van der Waals surface area contributed by atoms with E-state index in [2.05, 4.69) is 30.5 Å². The molecule has 1 aromatic rings. The smallest absolute Gasteiger partial charge is 0.166 e. The van der Waals surface area contributed by atoms with Crippen molar-refractivity contribution in [2.45, 2.75) is 38.8 Å². The second-order valence-corrected chi connectivity index (χ2v) is 4.74. The fourth-order valence-electron chi connectivity index (χ4n) is 2.29. The number of rotatable bonds is 6. The Labute approximate surface area is 115 Å². The molecule has 3 nitrogen and oxygen atoms in total. The third kappa shape index (κ3) is 3.74. The van der Waals surface area contributed by atoms with Crippen LogP contribution in [-0.2, 0) is 6.54 Å². The van der Waals surface area contributed by atoms with Crippen molar-refractivity contribution in [1.29, 1.82) is 0 Å². The standard InChI is InChI=1S/C16H23NO2/c1-3-17-12-13-8-7-11-15(18-2)16(13)19-14-9-5-4-6-10-14/h5,7-9,11,14,17H,3-4,6,10,12H2,1-2H3. The van der Waals surface area contributed by atoms with Crippen molar-refractivity contribution in [3.05, 3.63) is 35.9 Å². The molecule has 1 unspecified atom stereocenters. The summed E-state index contributed by atoms with van der Waals surface area (Å²) in [5.41, 5.74) is 1.15. The molecule has 0 saturated heterocycles. The predicted octanol–water partition coefficient (Wildman–Crippen LogP) is 3.29. The number of nitrogens with one attached hydrogen (secondary N) is 1. The van der Waals surface area contributed by atoms with Crippen LogP contribution in [-0.4, -0.2) is 19.8 Å². The maximum Gasteiger partial charge on any atom is 0.166 e. The van der Waals surface area contributed by atoms with Gasteiger partial charge in [-0.3, -0.25) is 0 Å². The normalized spacial score (nSPS) is 18.3. The van der Waals surface area contributed by atoms with Gasteiger partial charge in [-0.15, -0.1) is 0 Å². The van der Waals surface area contributed by atoms with Gasteiger partial charge in [0, 0.05) is 12.1 Å². The molecule has 1 aliphatic carbocycles. The van der Waals surface area contributed by atoms with Gasteiger partial charge in [-0.2, -0.15) is 0 Å². The Morgan fingerprint density at radius 3 is 2.95 bits per heavy atom. The fourth-order valence-corrected chi connectivity index (χ4v) is 2.29. The minimum absolute atomic E-state index is 0.172. The Hall–Kier alpha value is -1.48. The Morgan fingerprint density at radius 2 is 2.26 bits per heavy atom. The van der Waals surface area contributed by atoms with Gasteiger partial charge >= 0.3 is 0 Å². The van der Waals surface area contributed by atoms with Gasteiger partial charge in [-0.05, 0) is 37.9 Å². The molecule has 1 aromatic carbocycles. The lowest BCUT2D eigenvalue weighted by Gasteiger charge is -2.22. The summed E-state index contributed by atoms with van der Waals surface area (Å²) in [7, 11) is 1.69. The highest BCUT2D eigenvalue weighted by molar-refractivity contribution is 5.47. The second-order valence-electron chi connectivity index (χ2n) is 4.74. The molecule has 0 spiro atoms. The van der Waals surface area contributed by atoms with Crippen molar-refractivity contribution in [3.8, 4) is 11.5 Å². The summed E-state index contributed by atoms with van der Waals surface area (Å²) in [6, 6.07) is 6.06.